The maximum absolute atomic E-state index is 4.55. The highest BCUT2D eigenvalue weighted by atomic mass is 32.1. The van der Waals surface area contributed by atoms with Crippen molar-refractivity contribution < 1.29 is 0 Å². The molecule has 0 aliphatic heterocycles. The molecule has 0 aliphatic rings. The van der Waals surface area contributed by atoms with Crippen molar-refractivity contribution in [3.63, 3.8) is 0 Å². The van der Waals surface area contributed by atoms with Gasteiger partial charge in [-0.3, -0.25) is 14.8 Å². The molecule has 0 fully saturated rings. The van der Waals surface area contributed by atoms with E-state index in [0.717, 1.165) is 50.0 Å². The van der Waals surface area contributed by atoms with Crippen LogP contribution in [0, 0.1) is 0 Å². The van der Waals surface area contributed by atoms with Gasteiger partial charge in [0.05, 0.1) is 23.6 Å². The van der Waals surface area contributed by atoms with Crippen LogP contribution in [0.4, 0.5) is 0 Å². The van der Waals surface area contributed by atoms with Crippen LogP contribution in [-0.2, 0) is 7.05 Å². The molecular weight excluding hydrogens is 382 g/mol. The highest BCUT2D eigenvalue weighted by molar-refractivity contribution is 7.08. The summed E-state index contributed by atoms with van der Waals surface area (Å²) in [5.41, 5.74) is 7.82. The Labute approximate surface area is 169 Å². The summed E-state index contributed by atoms with van der Waals surface area (Å²) in [4.78, 5) is 12.4. The Morgan fingerprint density at radius 2 is 1.97 bits per heavy atom. The lowest BCUT2D eigenvalue weighted by Crippen LogP contribution is -1.84. The number of nitrogens with zero attached hydrogens (tertiary/aromatic N) is 5. The van der Waals surface area contributed by atoms with Crippen molar-refractivity contribution in [3.8, 4) is 33.6 Å². The molecule has 0 atom stereocenters. The van der Waals surface area contributed by atoms with Gasteiger partial charge < -0.3 is 4.98 Å². The number of nitrogens with one attached hydrogen (secondary N) is 2. The molecule has 0 radical (unpaired) electrons. The summed E-state index contributed by atoms with van der Waals surface area (Å²) in [7, 11) is 1.91. The molecule has 6 aromatic rings. The zero-order chi connectivity index (χ0) is 19.4. The number of aromatic nitrogens is 7. The van der Waals surface area contributed by atoms with E-state index in [9.17, 15) is 0 Å². The molecule has 6 aromatic heterocycles. The summed E-state index contributed by atoms with van der Waals surface area (Å²) in [5.74, 6) is 0. The molecule has 140 valence electrons. The Morgan fingerprint density at radius 1 is 1.00 bits per heavy atom. The molecule has 2 N–H and O–H groups in total. The lowest BCUT2D eigenvalue weighted by Gasteiger charge is -1.98. The van der Waals surface area contributed by atoms with Crippen molar-refractivity contribution in [2.45, 2.75) is 0 Å². The van der Waals surface area contributed by atoms with E-state index < -0.39 is 0 Å². The van der Waals surface area contributed by atoms with E-state index in [1.807, 2.05) is 38.0 Å². The molecule has 0 amide bonds. The number of H-pyrrole nitrogens is 2. The molecular formula is C21H15N7S. The zero-order valence-corrected chi connectivity index (χ0v) is 16.2. The van der Waals surface area contributed by atoms with Gasteiger partial charge in [0.1, 0.15) is 5.69 Å². The van der Waals surface area contributed by atoms with E-state index in [2.05, 4.69) is 59.2 Å². The molecule has 8 heteroatoms. The van der Waals surface area contributed by atoms with E-state index in [0.29, 0.717) is 0 Å². The van der Waals surface area contributed by atoms with Gasteiger partial charge in [0, 0.05) is 53.1 Å². The topological polar surface area (TPSA) is 88.1 Å². The summed E-state index contributed by atoms with van der Waals surface area (Å²) < 4.78 is 1.78. The number of aryl methyl sites for hydroxylation is 1. The van der Waals surface area contributed by atoms with Gasteiger partial charge in [-0.25, -0.2) is 4.98 Å². The number of thiophene rings is 1. The van der Waals surface area contributed by atoms with Gasteiger partial charge in [-0.15, -0.1) is 0 Å². The Kier molecular flexibility index (Phi) is 3.41. The molecule has 0 spiro atoms. The first-order valence-corrected chi connectivity index (χ1v) is 10.0. The Bertz CT molecular complexity index is 1470. The van der Waals surface area contributed by atoms with Crippen LogP contribution in [0.5, 0.6) is 0 Å². The number of fused-ring (bicyclic) bond motifs is 2. The van der Waals surface area contributed by atoms with E-state index in [1.54, 1.807) is 16.0 Å². The van der Waals surface area contributed by atoms with Crippen molar-refractivity contribution in [2.75, 3.05) is 0 Å². The first-order valence-electron chi connectivity index (χ1n) is 9.09. The first-order chi connectivity index (χ1) is 14.3. The van der Waals surface area contributed by atoms with Crippen LogP contribution in [0.25, 0.3) is 55.6 Å². The predicted molar refractivity (Wildman–Crippen MR) is 114 cm³/mol. The van der Waals surface area contributed by atoms with Crippen LogP contribution < -0.4 is 0 Å². The fourth-order valence-electron chi connectivity index (χ4n) is 3.66. The normalized spacial score (nSPS) is 11.6. The lowest BCUT2D eigenvalue weighted by atomic mass is 10.1. The van der Waals surface area contributed by atoms with Crippen LogP contribution in [0.15, 0.2) is 59.9 Å². The van der Waals surface area contributed by atoms with Crippen LogP contribution in [0.2, 0.25) is 0 Å². The Balaban J connectivity index is 1.53. The third kappa shape index (κ3) is 2.57. The molecule has 7 nitrogen and oxygen atoms in total. The Morgan fingerprint density at radius 3 is 2.79 bits per heavy atom. The van der Waals surface area contributed by atoms with Crippen LogP contribution in [0.3, 0.4) is 0 Å². The largest absolute Gasteiger partial charge is 0.352 e. The predicted octanol–water partition coefficient (Wildman–Crippen LogP) is 4.63. The standard InChI is InChI=1S/C21H15N7S/c1-28-10-14(7-24-28)13-4-16-20(26-27-21(16)23-6-13)18-5-15-17(12-2-3-29-11-12)8-22-9-19(15)25-18/h2-11,25H,1H3,(H,23,26,27). The highest BCUT2D eigenvalue weighted by Crippen LogP contribution is 2.34. The SMILES string of the molecule is Cn1cc(-c2cnc3[nH]nc(-c4cc5c(-c6ccsc6)cncc5[nH]4)c3c2)cn1. The summed E-state index contributed by atoms with van der Waals surface area (Å²) in [6.45, 7) is 0. The number of hydrogen-bond donors (Lipinski definition) is 2. The minimum Gasteiger partial charge on any atom is -0.352 e. The number of rotatable bonds is 3. The molecule has 0 unspecified atom stereocenters. The van der Waals surface area contributed by atoms with Gasteiger partial charge in [-0.05, 0) is 34.5 Å². The third-order valence-electron chi connectivity index (χ3n) is 5.09. The van der Waals surface area contributed by atoms with Crippen molar-refractivity contribution in [2.24, 2.45) is 7.05 Å². The van der Waals surface area contributed by atoms with Gasteiger partial charge in [-0.1, -0.05) is 0 Å². The second-order valence-electron chi connectivity index (χ2n) is 6.94. The van der Waals surface area contributed by atoms with Crippen LogP contribution in [-0.4, -0.2) is 34.9 Å². The smallest absolute Gasteiger partial charge is 0.155 e. The van der Waals surface area contributed by atoms with E-state index in [4.69, 9.17) is 0 Å². The summed E-state index contributed by atoms with van der Waals surface area (Å²) in [5, 5.41) is 18.1. The number of hydrogen-bond acceptors (Lipinski definition) is 5. The molecule has 0 saturated heterocycles. The first kappa shape index (κ1) is 16.2. The van der Waals surface area contributed by atoms with Crippen molar-refractivity contribution in [3.05, 3.63) is 59.9 Å². The summed E-state index contributed by atoms with van der Waals surface area (Å²) in [6.07, 6.45) is 9.41. The second-order valence-corrected chi connectivity index (χ2v) is 7.72. The monoisotopic (exact) mass is 397 g/mol. The number of aromatic amines is 2. The summed E-state index contributed by atoms with van der Waals surface area (Å²) >= 11 is 1.68. The average molecular weight is 397 g/mol. The highest BCUT2D eigenvalue weighted by Gasteiger charge is 2.15. The Hall–Kier alpha value is -3.78. The fraction of sp³-hybridized carbons (Fsp3) is 0.0476. The fourth-order valence-corrected chi connectivity index (χ4v) is 4.32. The lowest BCUT2D eigenvalue weighted by molar-refractivity contribution is 0.768. The molecule has 0 aliphatic carbocycles. The number of pyridine rings is 2. The minimum absolute atomic E-state index is 0.752. The zero-order valence-electron chi connectivity index (χ0n) is 15.4. The molecule has 0 saturated carbocycles. The van der Waals surface area contributed by atoms with Crippen LogP contribution in [0.1, 0.15) is 0 Å². The van der Waals surface area contributed by atoms with E-state index >= 15 is 0 Å². The maximum Gasteiger partial charge on any atom is 0.155 e. The van der Waals surface area contributed by atoms with Gasteiger partial charge in [0.25, 0.3) is 0 Å². The van der Waals surface area contributed by atoms with Gasteiger partial charge in [0.15, 0.2) is 5.65 Å². The third-order valence-corrected chi connectivity index (χ3v) is 5.77. The molecule has 6 heterocycles. The average Bonchev–Trinajstić information content (AvgIpc) is 3.51. The molecule has 0 aromatic carbocycles. The maximum atomic E-state index is 4.55. The van der Waals surface area contributed by atoms with Gasteiger partial charge in [0.2, 0.25) is 0 Å². The van der Waals surface area contributed by atoms with Gasteiger partial charge in [-0.2, -0.15) is 21.5 Å². The van der Waals surface area contributed by atoms with Crippen molar-refractivity contribution >= 4 is 33.3 Å². The minimum atomic E-state index is 0.752. The van der Waals surface area contributed by atoms with Crippen LogP contribution >= 0.6 is 11.3 Å². The molecule has 6 rings (SSSR count). The second kappa shape index (κ2) is 6.11. The quantitative estimate of drug-likeness (QED) is 0.456. The molecule has 0 bridgehead atoms. The van der Waals surface area contributed by atoms with Gasteiger partial charge >= 0.3 is 0 Å². The van der Waals surface area contributed by atoms with E-state index in [1.165, 1.54) is 5.56 Å². The summed E-state index contributed by atoms with van der Waals surface area (Å²) in [6, 6.07) is 6.35. The van der Waals surface area contributed by atoms with Crippen molar-refractivity contribution in [1.29, 1.82) is 0 Å². The van der Waals surface area contributed by atoms with Crippen molar-refractivity contribution in [1.82, 2.24) is 34.9 Å². The van der Waals surface area contributed by atoms with E-state index in [-0.39, 0.29) is 0 Å². The molecule has 29 heavy (non-hydrogen) atoms.